The van der Waals surface area contributed by atoms with Gasteiger partial charge in [-0.3, -0.25) is 0 Å². The lowest BCUT2D eigenvalue weighted by Gasteiger charge is -2.04. The summed E-state index contributed by atoms with van der Waals surface area (Å²) in [6, 6.07) is 1.36. The largest absolute Gasteiger partial charge is 0.315 e. The highest BCUT2D eigenvalue weighted by Crippen LogP contribution is 2.33. The summed E-state index contributed by atoms with van der Waals surface area (Å²) in [6.07, 6.45) is 0.734. The van der Waals surface area contributed by atoms with Crippen LogP contribution in [0.1, 0.15) is 24.4 Å². The number of nitrogens with one attached hydrogen (secondary N) is 1. The summed E-state index contributed by atoms with van der Waals surface area (Å²) in [7, 11) is 1.80. The van der Waals surface area contributed by atoms with Crippen molar-refractivity contribution in [1.82, 2.24) is 10.3 Å². The second-order valence-corrected chi connectivity index (χ2v) is 6.35. The molecule has 0 saturated carbocycles. The summed E-state index contributed by atoms with van der Waals surface area (Å²) in [5.41, 5.74) is 0.580. The van der Waals surface area contributed by atoms with E-state index in [1.807, 2.05) is 0 Å². The van der Waals surface area contributed by atoms with Gasteiger partial charge in [-0.15, -0.1) is 11.3 Å². The highest BCUT2D eigenvalue weighted by molar-refractivity contribution is 7.15. The second-order valence-electron chi connectivity index (χ2n) is 5.26. The third-order valence-corrected chi connectivity index (χ3v) is 4.05. The molecule has 114 valence electrons. The van der Waals surface area contributed by atoms with Gasteiger partial charge >= 0.3 is 0 Å². The van der Waals surface area contributed by atoms with E-state index in [0.717, 1.165) is 17.0 Å². The van der Waals surface area contributed by atoms with Crippen molar-refractivity contribution < 1.29 is 13.2 Å². The lowest BCUT2D eigenvalue weighted by molar-refractivity contribution is 0.547. The molecule has 1 N–H and O–H groups in total. The first-order chi connectivity index (χ1) is 9.92. The van der Waals surface area contributed by atoms with Crippen LogP contribution in [0, 0.1) is 23.4 Å². The molecule has 1 aromatic carbocycles. The van der Waals surface area contributed by atoms with Gasteiger partial charge in [0.05, 0.1) is 11.3 Å². The summed E-state index contributed by atoms with van der Waals surface area (Å²) >= 11 is 1.24. The molecule has 0 fully saturated rings. The van der Waals surface area contributed by atoms with E-state index in [0.29, 0.717) is 24.6 Å². The van der Waals surface area contributed by atoms with Gasteiger partial charge in [0.25, 0.3) is 0 Å². The molecular formula is C15H17F3N2S. The minimum absolute atomic E-state index is 0.255. The second kappa shape index (κ2) is 6.58. The number of benzene rings is 1. The summed E-state index contributed by atoms with van der Waals surface area (Å²) in [5, 5.41) is 3.28. The monoisotopic (exact) mass is 314 g/mol. The summed E-state index contributed by atoms with van der Waals surface area (Å²) in [5.74, 6) is -2.39. The van der Waals surface area contributed by atoms with Gasteiger partial charge in [-0.25, -0.2) is 18.2 Å². The van der Waals surface area contributed by atoms with Crippen molar-refractivity contribution >= 4 is 11.3 Å². The quantitative estimate of drug-likeness (QED) is 0.897. The maximum atomic E-state index is 13.9. The molecule has 2 aromatic rings. The van der Waals surface area contributed by atoms with Crippen molar-refractivity contribution in [2.24, 2.45) is 5.92 Å². The number of hydrogen-bond acceptors (Lipinski definition) is 3. The van der Waals surface area contributed by atoms with Gasteiger partial charge in [0.2, 0.25) is 0 Å². The molecule has 0 aliphatic heterocycles. The minimum atomic E-state index is -0.928. The Balaban J connectivity index is 2.49. The van der Waals surface area contributed by atoms with Gasteiger partial charge in [-0.05, 0) is 19.4 Å². The van der Waals surface area contributed by atoms with Crippen molar-refractivity contribution in [2.45, 2.75) is 26.8 Å². The third-order valence-electron chi connectivity index (χ3n) is 2.94. The van der Waals surface area contributed by atoms with Crippen LogP contribution < -0.4 is 5.32 Å². The molecule has 1 aromatic heterocycles. The molecule has 0 spiro atoms. The van der Waals surface area contributed by atoms with Crippen LogP contribution in [0.15, 0.2) is 12.1 Å². The average Bonchev–Trinajstić information content (AvgIpc) is 2.70. The lowest BCUT2D eigenvalue weighted by atomic mass is 10.1. The molecule has 0 atom stereocenters. The van der Waals surface area contributed by atoms with E-state index in [-0.39, 0.29) is 10.6 Å². The summed E-state index contributed by atoms with van der Waals surface area (Å²) in [4.78, 5) is 5.32. The maximum absolute atomic E-state index is 13.9. The molecule has 0 saturated heterocycles. The van der Waals surface area contributed by atoms with E-state index < -0.39 is 17.5 Å². The molecule has 1 heterocycles. The Labute approximate surface area is 126 Å². The Kier molecular flexibility index (Phi) is 5.00. The van der Waals surface area contributed by atoms with E-state index in [1.54, 1.807) is 7.05 Å². The molecule has 0 bridgehead atoms. The van der Waals surface area contributed by atoms with E-state index in [9.17, 15) is 13.2 Å². The Morgan fingerprint density at radius 3 is 2.33 bits per heavy atom. The summed E-state index contributed by atoms with van der Waals surface area (Å²) in [6.45, 7) is 4.70. The number of nitrogens with zero attached hydrogens (tertiary/aromatic N) is 1. The van der Waals surface area contributed by atoms with Gasteiger partial charge in [-0.1, -0.05) is 13.8 Å². The molecule has 0 aliphatic carbocycles. The highest BCUT2D eigenvalue weighted by atomic mass is 32.1. The van der Waals surface area contributed by atoms with Crippen molar-refractivity contribution in [3.05, 3.63) is 40.2 Å². The molecule has 21 heavy (non-hydrogen) atoms. The lowest BCUT2D eigenvalue weighted by Crippen LogP contribution is -2.07. The number of halogens is 3. The van der Waals surface area contributed by atoms with E-state index in [4.69, 9.17) is 0 Å². The van der Waals surface area contributed by atoms with Crippen LogP contribution in [-0.2, 0) is 13.0 Å². The molecule has 0 unspecified atom stereocenters. The number of aromatic nitrogens is 1. The fourth-order valence-electron chi connectivity index (χ4n) is 2.08. The fourth-order valence-corrected chi connectivity index (χ4v) is 3.23. The Morgan fingerprint density at radius 2 is 1.81 bits per heavy atom. The smallest absolute Gasteiger partial charge is 0.139 e. The zero-order valence-corrected chi connectivity index (χ0v) is 13.0. The Bertz CT molecular complexity index is 615. The van der Waals surface area contributed by atoms with Crippen LogP contribution in [0.3, 0.4) is 0 Å². The SMILES string of the molecule is CNCc1sc(-c2c(F)cc(F)cc2F)nc1CC(C)C. The van der Waals surface area contributed by atoms with Crippen molar-refractivity contribution in [1.29, 1.82) is 0 Å². The standard InChI is InChI=1S/C15H17F3N2S/c1-8(2)4-12-13(7-19-3)21-15(20-12)14-10(17)5-9(16)6-11(14)18/h5-6,8,19H,4,7H2,1-3H3. The van der Waals surface area contributed by atoms with Gasteiger partial charge in [-0.2, -0.15) is 0 Å². The summed E-state index contributed by atoms with van der Waals surface area (Å²) < 4.78 is 40.7. The zero-order valence-electron chi connectivity index (χ0n) is 12.1. The first-order valence-corrected chi connectivity index (χ1v) is 7.52. The zero-order chi connectivity index (χ0) is 15.6. The van der Waals surface area contributed by atoms with Gasteiger partial charge in [0, 0.05) is 23.6 Å². The fraction of sp³-hybridized carbons (Fsp3) is 0.400. The van der Waals surface area contributed by atoms with Crippen LogP contribution in [0.2, 0.25) is 0 Å². The van der Waals surface area contributed by atoms with E-state index in [1.165, 1.54) is 11.3 Å². The van der Waals surface area contributed by atoms with E-state index >= 15 is 0 Å². The number of hydrogen-bond donors (Lipinski definition) is 1. The van der Waals surface area contributed by atoms with Gasteiger partial charge in [0.1, 0.15) is 22.5 Å². The molecule has 6 heteroatoms. The first kappa shape index (κ1) is 16.0. The van der Waals surface area contributed by atoms with Crippen LogP contribution in [0.25, 0.3) is 10.6 Å². The van der Waals surface area contributed by atoms with Crippen LogP contribution >= 0.6 is 11.3 Å². The van der Waals surface area contributed by atoms with Crippen LogP contribution in [0.5, 0.6) is 0 Å². The minimum Gasteiger partial charge on any atom is -0.315 e. The molecule has 0 amide bonds. The number of rotatable bonds is 5. The molecule has 0 aliphatic rings. The Morgan fingerprint density at radius 1 is 1.19 bits per heavy atom. The van der Waals surface area contributed by atoms with Crippen LogP contribution in [0.4, 0.5) is 13.2 Å². The molecule has 2 nitrogen and oxygen atoms in total. The van der Waals surface area contributed by atoms with Gasteiger partial charge < -0.3 is 5.32 Å². The molecular weight excluding hydrogens is 297 g/mol. The average molecular weight is 314 g/mol. The predicted molar refractivity (Wildman–Crippen MR) is 78.7 cm³/mol. The topological polar surface area (TPSA) is 24.9 Å². The maximum Gasteiger partial charge on any atom is 0.139 e. The first-order valence-electron chi connectivity index (χ1n) is 6.70. The van der Waals surface area contributed by atoms with Crippen molar-refractivity contribution in [2.75, 3.05) is 7.05 Å². The number of thiazole rings is 1. The molecule has 0 radical (unpaired) electrons. The van der Waals surface area contributed by atoms with Gasteiger partial charge in [0.15, 0.2) is 0 Å². The van der Waals surface area contributed by atoms with E-state index in [2.05, 4.69) is 24.1 Å². The predicted octanol–water partition coefficient (Wildman–Crippen LogP) is 4.15. The van der Waals surface area contributed by atoms with Crippen molar-refractivity contribution in [3.63, 3.8) is 0 Å². The highest BCUT2D eigenvalue weighted by Gasteiger charge is 2.20. The molecule has 2 rings (SSSR count). The normalized spacial score (nSPS) is 11.4. The van der Waals surface area contributed by atoms with Crippen LogP contribution in [-0.4, -0.2) is 12.0 Å². The Hall–Kier alpha value is -1.40. The van der Waals surface area contributed by atoms with Crippen molar-refractivity contribution in [3.8, 4) is 10.6 Å². The third kappa shape index (κ3) is 3.63.